The van der Waals surface area contributed by atoms with Crippen molar-refractivity contribution < 1.29 is 14.7 Å². The van der Waals surface area contributed by atoms with Gasteiger partial charge in [0.2, 0.25) is 0 Å². The molecule has 1 aromatic heterocycles. The van der Waals surface area contributed by atoms with Crippen LogP contribution in [0.3, 0.4) is 0 Å². The molecule has 0 aliphatic rings. The molecule has 2 rings (SSSR count). The molecule has 0 bridgehead atoms. The van der Waals surface area contributed by atoms with Crippen molar-refractivity contribution in [1.82, 2.24) is 4.98 Å². The molecule has 1 aromatic carbocycles. The number of pyridine rings is 1. The van der Waals surface area contributed by atoms with Crippen LogP contribution in [0.25, 0.3) is 0 Å². The fourth-order valence-corrected chi connectivity index (χ4v) is 1.81. The first-order valence-corrected chi connectivity index (χ1v) is 6.12. The standard InChI is InChI=1S/C14H11ClN2O3/c1-8-3-2-4-10(12(8)15)13(18)17-11-6-5-9(7-16-11)14(19)20/h2-7H,1H3,(H,19,20)(H,16,17,18). The SMILES string of the molecule is Cc1cccc(C(=O)Nc2ccc(C(=O)O)cn2)c1Cl. The van der Waals surface area contributed by atoms with Gasteiger partial charge in [0.25, 0.3) is 5.91 Å². The summed E-state index contributed by atoms with van der Waals surface area (Å²) in [5, 5.41) is 11.7. The number of nitrogens with zero attached hydrogens (tertiary/aromatic N) is 1. The third-order valence-electron chi connectivity index (χ3n) is 2.69. The van der Waals surface area contributed by atoms with Gasteiger partial charge in [-0.1, -0.05) is 23.7 Å². The summed E-state index contributed by atoms with van der Waals surface area (Å²) in [7, 11) is 0. The van der Waals surface area contributed by atoms with Crippen molar-refractivity contribution in [2.24, 2.45) is 0 Å². The number of benzene rings is 1. The third kappa shape index (κ3) is 2.95. The van der Waals surface area contributed by atoms with Gasteiger partial charge in [0, 0.05) is 6.20 Å². The van der Waals surface area contributed by atoms with Gasteiger partial charge in [0.15, 0.2) is 0 Å². The Morgan fingerprint density at radius 2 is 2.00 bits per heavy atom. The molecule has 102 valence electrons. The maximum atomic E-state index is 12.1. The minimum atomic E-state index is -1.07. The highest BCUT2D eigenvalue weighted by molar-refractivity contribution is 6.35. The predicted molar refractivity (Wildman–Crippen MR) is 75.3 cm³/mol. The third-order valence-corrected chi connectivity index (χ3v) is 3.19. The summed E-state index contributed by atoms with van der Waals surface area (Å²) in [6.07, 6.45) is 1.18. The molecule has 6 heteroatoms. The highest BCUT2D eigenvalue weighted by Gasteiger charge is 2.12. The number of halogens is 1. The Kier molecular flexibility index (Phi) is 4.00. The van der Waals surface area contributed by atoms with E-state index in [2.05, 4.69) is 10.3 Å². The quantitative estimate of drug-likeness (QED) is 0.911. The van der Waals surface area contributed by atoms with Crippen molar-refractivity contribution in [2.45, 2.75) is 6.92 Å². The zero-order valence-electron chi connectivity index (χ0n) is 10.6. The number of nitrogens with one attached hydrogen (secondary N) is 1. The lowest BCUT2D eigenvalue weighted by molar-refractivity contribution is 0.0696. The Labute approximate surface area is 120 Å². The highest BCUT2D eigenvalue weighted by atomic mass is 35.5. The lowest BCUT2D eigenvalue weighted by atomic mass is 10.1. The fraction of sp³-hybridized carbons (Fsp3) is 0.0714. The molecule has 5 nitrogen and oxygen atoms in total. The molecule has 1 heterocycles. The van der Waals surface area contributed by atoms with Crippen LogP contribution in [0.15, 0.2) is 36.5 Å². The molecule has 0 fully saturated rings. The Morgan fingerprint density at radius 1 is 1.25 bits per heavy atom. The largest absolute Gasteiger partial charge is 0.478 e. The van der Waals surface area contributed by atoms with Crippen LogP contribution in [0.5, 0.6) is 0 Å². The zero-order valence-corrected chi connectivity index (χ0v) is 11.3. The van der Waals surface area contributed by atoms with E-state index in [0.29, 0.717) is 10.6 Å². The number of aromatic nitrogens is 1. The van der Waals surface area contributed by atoms with Crippen molar-refractivity contribution in [3.8, 4) is 0 Å². The topological polar surface area (TPSA) is 79.3 Å². The zero-order chi connectivity index (χ0) is 14.7. The second-order valence-corrected chi connectivity index (χ2v) is 4.51. The van der Waals surface area contributed by atoms with Crippen molar-refractivity contribution >= 4 is 29.3 Å². The van der Waals surface area contributed by atoms with Gasteiger partial charge in [-0.3, -0.25) is 4.79 Å². The van der Waals surface area contributed by atoms with Gasteiger partial charge in [-0.15, -0.1) is 0 Å². The number of rotatable bonds is 3. The van der Waals surface area contributed by atoms with Crippen LogP contribution in [-0.2, 0) is 0 Å². The normalized spacial score (nSPS) is 10.1. The average molecular weight is 291 g/mol. The molecule has 0 atom stereocenters. The molecule has 0 radical (unpaired) electrons. The van der Waals surface area contributed by atoms with E-state index < -0.39 is 11.9 Å². The van der Waals surface area contributed by atoms with Crippen LogP contribution in [0, 0.1) is 6.92 Å². The molecule has 0 aliphatic heterocycles. The van der Waals surface area contributed by atoms with Gasteiger partial charge >= 0.3 is 5.97 Å². The van der Waals surface area contributed by atoms with Gasteiger partial charge in [-0.05, 0) is 30.7 Å². The van der Waals surface area contributed by atoms with E-state index in [4.69, 9.17) is 16.7 Å². The first-order chi connectivity index (χ1) is 9.49. The summed E-state index contributed by atoms with van der Waals surface area (Å²) in [4.78, 5) is 26.6. The maximum absolute atomic E-state index is 12.1. The van der Waals surface area contributed by atoms with Crippen molar-refractivity contribution in [3.05, 3.63) is 58.2 Å². The average Bonchev–Trinajstić information content (AvgIpc) is 2.42. The predicted octanol–water partition coefficient (Wildman–Crippen LogP) is 2.99. The van der Waals surface area contributed by atoms with E-state index in [9.17, 15) is 9.59 Å². The van der Waals surface area contributed by atoms with E-state index in [0.717, 1.165) is 5.56 Å². The van der Waals surface area contributed by atoms with E-state index in [1.165, 1.54) is 18.3 Å². The summed E-state index contributed by atoms with van der Waals surface area (Å²) in [5.41, 5.74) is 1.20. The number of amides is 1. The molecule has 2 aromatic rings. The number of hydrogen-bond acceptors (Lipinski definition) is 3. The number of hydrogen-bond donors (Lipinski definition) is 2. The first-order valence-electron chi connectivity index (χ1n) is 5.75. The fourth-order valence-electron chi connectivity index (χ4n) is 1.60. The Balaban J connectivity index is 2.19. The lowest BCUT2D eigenvalue weighted by Gasteiger charge is -2.07. The highest BCUT2D eigenvalue weighted by Crippen LogP contribution is 2.21. The van der Waals surface area contributed by atoms with Gasteiger partial charge in [0.05, 0.1) is 16.1 Å². The number of aromatic carboxylic acids is 1. The van der Waals surface area contributed by atoms with Crippen LogP contribution < -0.4 is 5.32 Å². The van der Waals surface area contributed by atoms with Gasteiger partial charge in [0.1, 0.15) is 5.82 Å². The van der Waals surface area contributed by atoms with E-state index in [1.807, 2.05) is 0 Å². The lowest BCUT2D eigenvalue weighted by Crippen LogP contribution is -2.14. The van der Waals surface area contributed by atoms with Gasteiger partial charge in [-0.25, -0.2) is 9.78 Å². The van der Waals surface area contributed by atoms with Crippen LogP contribution >= 0.6 is 11.6 Å². The van der Waals surface area contributed by atoms with Gasteiger partial charge < -0.3 is 10.4 Å². The van der Waals surface area contributed by atoms with Crippen molar-refractivity contribution in [3.63, 3.8) is 0 Å². The minimum absolute atomic E-state index is 0.0524. The number of carbonyl (C=O) groups is 2. The summed E-state index contributed by atoms with van der Waals surface area (Å²) in [6, 6.07) is 7.93. The maximum Gasteiger partial charge on any atom is 0.337 e. The number of aryl methyl sites for hydroxylation is 1. The number of carbonyl (C=O) groups excluding carboxylic acids is 1. The molecule has 0 saturated carbocycles. The number of carboxylic acid groups (broad SMARTS) is 1. The molecule has 0 spiro atoms. The monoisotopic (exact) mass is 290 g/mol. The molecule has 0 saturated heterocycles. The molecule has 20 heavy (non-hydrogen) atoms. The van der Waals surface area contributed by atoms with Crippen LogP contribution in [0.2, 0.25) is 5.02 Å². The summed E-state index contributed by atoms with van der Waals surface area (Å²) in [6.45, 7) is 1.80. The minimum Gasteiger partial charge on any atom is -0.478 e. The van der Waals surface area contributed by atoms with Crippen molar-refractivity contribution in [2.75, 3.05) is 5.32 Å². The summed E-state index contributed by atoms with van der Waals surface area (Å²) in [5.74, 6) is -1.20. The van der Waals surface area contributed by atoms with Crippen LogP contribution in [0.1, 0.15) is 26.3 Å². The van der Waals surface area contributed by atoms with Crippen molar-refractivity contribution in [1.29, 1.82) is 0 Å². The molecule has 0 unspecified atom stereocenters. The van der Waals surface area contributed by atoms with Crippen LogP contribution in [-0.4, -0.2) is 22.0 Å². The summed E-state index contributed by atoms with van der Waals surface area (Å²) < 4.78 is 0. The molecule has 1 amide bonds. The number of carboxylic acids is 1. The molecular weight excluding hydrogens is 280 g/mol. The molecule has 2 N–H and O–H groups in total. The van der Waals surface area contributed by atoms with E-state index >= 15 is 0 Å². The first kappa shape index (κ1) is 14.0. The Bertz CT molecular complexity index is 669. The molecule has 0 aliphatic carbocycles. The van der Waals surface area contributed by atoms with Gasteiger partial charge in [-0.2, -0.15) is 0 Å². The van der Waals surface area contributed by atoms with Crippen LogP contribution in [0.4, 0.5) is 5.82 Å². The second-order valence-electron chi connectivity index (χ2n) is 4.13. The van der Waals surface area contributed by atoms with E-state index in [-0.39, 0.29) is 11.4 Å². The smallest absolute Gasteiger partial charge is 0.337 e. The Hall–Kier alpha value is -2.40. The Morgan fingerprint density at radius 3 is 2.60 bits per heavy atom. The van der Waals surface area contributed by atoms with E-state index in [1.54, 1.807) is 25.1 Å². The molecular formula is C14H11ClN2O3. The number of anilines is 1. The second kappa shape index (κ2) is 5.71. The summed E-state index contributed by atoms with van der Waals surface area (Å²) >= 11 is 6.06.